The topological polar surface area (TPSA) is 94.8 Å². The molecule has 9 heteroatoms. The Kier molecular flexibility index (Phi) is 8.00. The molecular formula is C31H24ClNO6S. The van der Waals surface area contributed by atoms with Gasteiger partial charge in [0.15, 0.2) is 6.61 Å². The SMILES string of the molecule is CCOC(=O)c1c(-c2ccc(C)cc2)csc1NC(=O)COc1ccc2c(=O)c(-c3ccccc3Cl)coc2c1. The van der Waals surface area contributed by atoms with Crippen molar-refractivity contribution in [1.29, 1.82) is 0 Å². The average molecular weight is 574 g/mol. The molecule has 0 fully saturated rings. The summed E-state index contributed by atoms with van der Waals surface area (Å²) in [5.41, 5.74) is 3.93. The van der Waals surface area contributed by atoms with E-state index < -0.39 is 11.9 Å². The van der Waals surface area contributed by atoms with Crippen LogP contribution in [0.4, 0.5) is 5.00 Å². The Morgan fingerprint density at radius 2 is 1.77 bits per heavy atom. The third-order valence-electron chi connectivity index (χ3n) is 6.17. The quantitative estimate of drug-likeness (QED) is 0.195. The van der Waals surface area contributed by atoms with Crippen LogP contribution >= 0.6 is 22.9 Å². The minimum Gasteiger partial charge on any atom is -0.484 e. The standard InChI is InChI=1S/C31H24ClNO6S/c1-3-37-31(36)28-24(19-10-8-18(2)9-11-19)17-40-30(28)33-27(34)16-38-20-12-13-22-26(14-20)39-15-23(29(22)35)21-6-4-5-7-25(21)32/h4-15,17H,3,16H2,1-2H3,(H,33,34). The Morgan fingerprint density at radius 3 is 2.52 bits per heavy atom. The number of fused-ring (bicyclic) bond motifs is 1. The predicted octanol–water partition coefficient (Wildman–Crippen LogP) is 7.34. The van der Waals surface area contributed by atoms with Gasteiger partial charge in [-0.15, -0.1) is 11.3 Å². The molecule has 0 unspecified atom stereocenters. The third kappa shape index (κ3) is 5.64. The molecule has 0 atom stereocenters. The molecule has 0 radical (unpaired) electrons. The maximum Gasteiger partial charge on any atom is 0.341 e. The molecule has 3 aromatic carbocycles. The molecule has 40 heavy (non-hydrogen) atoms. The first kappa shape index (κ1) is 27.2. The van der Waals surface area contributed by atoms with E-state index in [-0.39, 0.29) is 18.6 Å². The van der Waals surface area contributed by atoms with Crippen LogP contribution in [-0.2, 0) is 9.53 Å². The predicted molar refractivity (Wildman–Crippen MR) is 158 cm³/mol. The molecular weight excluding hydrogens is 550 g/mol. The van der Waals surface area contributed by atoms with E-state index in [4.69, 9.17) is 25.5 Å². The van der Waals surface area contributed by atoms with Gasteiger partial charge in [-0.2, -0.15) is 0 Å². The summed E-state index contributed by atoms with van der Waals surface area (Å²) in [6, 6.07) is 19.5. The molecule has 0 spiro atoms. The zero-order chi connectivity index (χ0) is 28.2. The number of carbonyl (C=O) groups excluding carboxylic acids is 2. The van der Waals surface area contributed by atoms with Gasteiger partial charge in [-0.3, -0.25) is 9.59 Å². The molecule has 2 aromatic heterocycles. The van der Waals surface area contributed by atoms with E-state index in [9.17, 15) is 14.4 Å². The fourth-order valence-corrected chi connectivity index (χ4v) is 5.39. The van der Waals surface area contributed by atoms with Gasteiger partial charge < -0.3 is 19.2 Å². The van der Waals surface area contributed by atoms with Crippen molar-refractivity contribution >= 4 is 50.8 Å². The molecule has 0 aliphatic rings. The van der Waals surface area contributed by atoms with Crippen LogP contribution in [-0.4, -0.2) is 25.1 Å². The molecule has 5 aromatic rings. The normalized spacial score (nSPS) is 10.9. The summed E-state index contributed by atoms with van der Waals surface area (Å²) in [5, 5.41) is 5.76. The van der Waals surface area contributed by atoms with Gasteiger partial charge in [0.05, 0.1) is 17.6 Å². The molecule has 0 bridgehead atoms. The molecule has 5 rings (SSSR count). The zero-order valence-electron chi connectivity index (χ0n) is 21.7. The smallest absolute Gasteiger partial charge is 0.341 e. The fourth-order valence-electron chi connectivity index (χ4n) is 4.18. The van der Waals surface area contributed by atoms with Gasteiger partial charge in [0.1, 0.15) is 28.2 Å². The van der Waals surface area contributed by atoms with Crippen LogP contribution in [0.3, 0.4) is 0 Å². The number of thiophene rings is 1. The van der Waals surface area contributed by atoms with Crippen LogP contribution in [0, 0.1) is 6.92 Å². The molecule has 202 valence electrons. The van der Waals surface area contributed by atoms with Gasteiger partial charge in [-0.25, -0.2) is 4.79 Å². The summed E-state index contributed by atoms with van der Waals surface area (Å²) >= 11 is 7.49. The second-order valence-corrected chi connectivity index (χ2v) is 10.2. The Labute approximate surface area is 238 Å². The molecule has 0 saturated carbocycles. The summed E-state index contributed by atoms with van der Waals surface area (Å²) in [6.45, 7) is 3.59. The van der Waals surface area contributed by atoms with Gasteiger partial charge in [-0.05, 0) is 37.6 Å². The number of aryl methyl sites for hydroxylation is 1. The number of nitrogens with one attached hydrogen (secondary N) is 1. The average Bonchev–Trinajstić information content (AvgIpc) is 3.36. The highest BCUT2D eigenvalue weighted by Crippen LogP contribution is 2.36. The molecule has 7 nitrogen and oxygen atoms in total. The maximum absolute atomic E-state index is 13.1. The number of carbonyl (C=O) groups is 2. The van der Waals surface area contributed by atoms with Crippen LogP contribution in [0.2, 0.25) is 5.02 Å². The fraction of sp³-hybridized carbons (Fsp3) is 0.129. The monoisotopic (exact) mass is 573 g/mol. The van der Waals surface area contributed by atoms with E-state index in [0.717, 1.165) is 11.1 Å². The van der Waals surface area contributed by atoms with Gasteiger partial charge in [0.25, 0.3) is 5.91 Å². The second-order valence-electron chi connectivity index (χ2n) is 8.89. The highest BCUT2D eigenvalue weighted by molar-refractivity contribution is 7.15. The molecule has 1 amide bonds. The largest absolute Gasteiger partial charge is 0.484 e. The number of esters is 1. The lowest BCUT2D eigenvalue weighted by molar-refractivity contribution is -0.118. The lowest BCUT2D eigenvalue weighted by Crippen LogP contribution is -2.21. The molecule has 0 aliphatic carbocycles. The number of amides is 1. The van der Waals surface area contributed by atoms with Crippen LogP contribution in [0.25, 0.3) is 33.2 Å². The summed E-state index contributed by atoms with van der Waals surface area (Å²) in [4.78, 5) is 38.6. The van der Waals surface area contributed by atoms with Gasteiger partial charge in [-0.1, -0.05) is 59.6 Å². The van der Waals surface area contributed by atoms with Crippen molar-refractivity contribution in [3.8, 4) is 28.0 Å². The maximum atomic E-state index is 13.1. The van der Waals surface area contributed by atoms with Crippen molar-refractivity contribution in [2.75, 3.05) is 18.5 Å². The highest BCUT2D eigenvalue weighted by atomic mass is 35.5. The van der Waals surface area contributed by atoms with Gasteiger partial charge >= 0.3 is 5.97 Å². The first-order valence-electron chi connectivity index (χ1n) is 12.4. The number of hydrogen-bond acceptors (Lipinski definition) is 7. The highest BCUT2D eigenvalue weighted by Gasteiger charge is 2.23. The van der Waals surface area contributed by atoms with E-state index in [1.165, 1.54) is 17.6 Å². The first-order chi connectivity index (χ1) is 19.4. The Hall–Kier alpha value is -4.40. The molecule has 0 saturated heterocycles. The van der Waals surface area contributed by atoms with E-state index in [2.05, 4.69) is 5.32 Å². The number of halogens is 1. The van der Waals surface area contributed by atoms with Crippen LogP contribution < -0.4 is 15.5 Å². The van der Waals surface area contributed by atoms with E-state index >= 15 is 0 Å². The van der Waals surface area contributed by atoms with Crippen molar-refractivity contribution in [2.45, 2.75) is 13.8 Å². The number of ether oxygens (including phenoxy) is 2. The van der Waals surface area contributed by atoms with Crippen molar-refractivity contribution in [2.24, 2.45) is 0 Å². The number of hydrogen-bond donors (Lipinski definition) is 1. The minimum absolute atomic E-state index is 0.205. The summed E-state index contributed by atoms with van der Waals surface area (Å²) in [7, 11) is 0. The lowest BCUT2D eigenvalue weighted by Gasteiger charge is -2.10. The third-order valence-corrected chi connectivity index (χ3v) is 7.39. The Balaban J connectivity index is 1.32. The Morgan fingerprint density at radius 1 is 1.00 bits per heavy atom. The summed E-state index contributed by atoms with van der Waals surface area (Å²) in [5.74, 6) is -0.636. The van der Waals surface area contributed by atoms with Crippen molar-refractivity contribution in [3.05, 3.63) is 105 Å². The van der Waals surface area contributed by atoms with Crippen LogP contribution in [0.5, 0.6) is 5.75 Å². The number of anilines is 1. The molecule has 2 heterocycles. The summed E-state index contributed by atoms with van der Waals surface area (Å²) < 4.78 is 16.6. The van der Waals surface area contributed by atoms with Crippen LogP contribution in [0.1, 0.15) is 22.8 Å². The van der Waals surface area contributed by atoms with Crippen molar-refractivity contribution in [1.82, 2.24) is 0 Å². The number of benzene rings is 3. The number of rotatable bonds is 8. The molecule has 0 aliphatic heterocycles. The van der Waals surface area contributed by atoms with Gasteiger partial charge in [0.2, 0.25) is 5.43 Å². The zero-order valence-corrected chi connectivity index (χ0v) is 23.2. The Bertz CT molecular complexity index is 1770. The minimum atomic E-state index is -0.517. The van der Waals surface area contributed by atoms with Gasteiger partial charge in [0, 0.05) is 27.6 Å². The van der Waals surface area contributed by atoms with E-state index in [1.54, 1.807) is 49.4 Å². The summed E-state index contributed by atoms with van der Waals surface area (Å²) in [6.07, 6.45) is 1.36. The first-order valence-corrected chi connectivity index (χ1v) is 13.7. The van der Waals surface area contributed by atoms with E-state index in [1.807, 2.05) is 36.6 Å². The van der Waals surface area contributed by atoms with E-state index in [0.29, 0.717) is 49.0 Å². The van der Waals surface area contributed by atoms with Crippen molar-refractivity contribution in [3.63, 3.8) is 0 Å². The second kappa shape index (κ2) is 11.8. The lowest BCUT2D eigenvalue weighted by atomic mass is 10.0. The van der Waals surface area contributed by atoms with Crippen molar-refractivity contribution < 1.29 is 23.5 Å². The van der Waals surface area contributed by atoms with Crippen LogP contribution in [0.15, 0.2) is 87.6 Å². The molecule has 1 N–H and O–H groups in total.